The number of rotatable bonds is 7. The fraction of sp³-hybridized carbons (Fsp3) is 0.346. The van der Waals surface area contributed by atoms with Gasteiger partial charge in [-0.15, -0.1) is 0 Å². The summed E-state index contributed by atoms with van der Waals surface area (Å²) >= 11 is 0. The van der Waals surface area contributed by atoms with Crippen molar-refractivity contribution in [2.75, 3.05) is 0 Å². The fourth-order valence-corrected chi connectivity index (χ4v) is 3.48. The van der Waals surface area contributed by atoms with Crippen molar-refractivity contribution in [2.24, 2.45) is 0 Å². The van der Waals surface area contributed by atoms with Gasteiger partial charge < -0.3 is 14.0 Å². The molecule has 30 heavy (non-hydrogen) atoms. The number of hydrogen-bond donors (Lipinski definition) is 0. The van der Waals surface area contributed by atoms with Crippen LogP contribution in [0.15, 0.2) is 72.2 Å². The zero-order valence-electron chi connectivity index (χ0n) is 18.7. The molecule has 0 N–H and O–H groups in total. The smallest absolute Gasteiger partial charge is 0.259 e. The van der Waals surface area contributed by atoms with E-state index in [0.29, 0.717) is 11.3 Å². The van der Waals surface area contributed by atoms with Gasteiger partial charge in [0.1, 0.15) is 17.0 Å². The maximum absolute atomic E-state index is 13.4. The summed E-state index contributed by atoms with van der Waals surface area (Å²) in [7, 11) is 0. The minimum Gasteiger partial charge on any atom is -0.492 e. The number of hydrogen-bond acceptors (Lipinski definition) is 3. The molecule has 4 nitrogen and oxygen atoms in total. The monoisotopic (exact) mass is 405 g/mol. The molecule has 0 aliphatic carbocycles. The minimum atomic E-state index is -0.623. The van der Waals surface area contributed by atoms with Crippen LogP contribution in [-0.2, 0) is 4.74 Å². The number of pyridine rings is 1. The summed E-state index contributed by atoms with van der Waals surface area (Å²) in [5.74, 6) is 0.689. The van der Waals surface area contributed by atoms with Gasteiger partial charge in [0, 0.05) is 17.7 Å². The molecule has 4 heteroatoms. The van der Waals surface area contributed by atoms with Crippen LogP contribution in [0.5, 0.6) is 5.75 Å². The van der Waals surface area contributed by atoms with Crippen LogP contribution < -0.4 is 10.3 Å². The highest BCUT2D eigenvalue weighted by atomic mass is 16.6. The maximum atomic E-state index is 13.4. The van der Waals surface area contributed by atoms with Crippen LogP contribution >= 0.6 is 0 Å². The zero-order valence-corrected chi connectivity index (χ0v) is 18.7. The van der Waals surface area contributed by atoms with Crippen LogP contribution in [0.4, 0.5) is 0 Å². The van der Waals surface area contributed by atoms with E-state index in [4.69, 9.17) is 9.47 Å². The van der Waals surface area contributed by atoms with Crippen molar-refractivity contribution >= 4 is 10.9 Å². The molecule has 0 saturated carbocycles. The van der Waals surface area contributed by atoms with Crippen LogP contribution in [-0.4, -0.2) is 15.8 Å². The Kier molecular flexibility index (Phi) is 5.80. The average Bonchev–Trinajstić information content (AvgIpc) is 2.67. The number of ether oxygens (including phenoxy) is 2. The van der Waals surface area contributed by atoms with Crippen LogP contribution in [0.1, 0.15) is 47.6 Å². The van der Waals surface area contributed by atoms with E-state index in [2.05, 4.69) is 6.58 Å². The number of nitrogens with zero attached hydrogens (tertiary/aromatic N) is 1. The van der Waals surface area contributed by atoms with Crippen molar-refractivity contribution in [3.05, 3.63) is 77.8 Å². The van der Waals surface area contributed by atoms with Gasteiger partial charge in [-0.3, -0.25) is 4.79 Å². The van der Waals surface area contributed by atoms with Gasteiger partial charge >= 0.3 is 0 Å². The third kappa shape index (κ3) is 4.00. The van der Waals surface area contributed by atoms with Gasteiger partial charge in [0.25, 0.3) is 5.56 Å². The molecule has 0 fully saturated rings. The second kappa shape index (κ2) is 8.02. The molecule has 0 radical (unpaired) electrons. The largest absolute Gasteiger partial charge is 0.492 e. The molecule has 0 spiro atoms. The first-order valence-corrected chi connectivity index (χ1v) is 10.3. The van der Waals surface area contributed by atoms with E-state index in [9.17, 15) is 4.79 Å². The van der Waals surface area contributed by atoms with Gasteiger partial charge in [0.2, 0.25) is 0 Å². The molecular formula is C26H31NO3. The van der Waals surface area contributed by atoms with E-state index in [1.54, 1.807) is 0 Å². The van der Waals surface area contributed by atoms with Gasteiger partial charge in [0.15, 0.2) is 0 Å². The van der Waals surface area contributed by atoms with E-state index >= 15 is 0 Å². The highest BCUT2D eigenvalue weighted by Crippen LogP contribution is 2.33. The van der Waals surface area contributed by atoms with Crippen molar-refractivity contribution in [1.82, 2.24) is 4.57 Å². The molecule has 158 valence electrons. The summed E-state index contributed by atoms with van der Waals surface area (Å²) in [6, 6.07) is 17.6. The quantitative estimate of drug-likeness (QED) is 0.430. The Bertz CT molecular complexity index is 1110. The summed E-state index contributed by atoms with van der Waals surface area (Å²) in [5, 5.41) is 0.994. The van der Waals surface area contributed by atoms with E-state index in [1.165, 1.54) is 6.26 Å². The summed E-state index contributed by atoms with van der Waals surface area (Å²) in [6.45, 7) is 15.6. The molecular weight excluding hydrogens is 374 g/mol. The summed E-state index contributed by atoms with van der Waals surface area (Å²) in [6.07, 6.45) is 1.44. The highest BCUT2D eigenvalue weighted by Gasteiger charge is 2.40. The molecule has 3 aromatic rings. The van der Waals surface area contributed by atoms with Gasteiger partial charge in [-0.25, -0.2) is 0 Å². The Balaban J connectivity index is 2.14. The Morgan fingerprint density at radius 1 is 0.967 bits per heavy atom. The van der Waals surface area contributed by atoms with E-state index in [0.717, 1.165) is 16.5 Å². The van der Waals surface area contributed by atoms with Crippen LogP contribution in [0.25, 0.3) is 22.0 Å². The Morgan fingerprint density at radius 3 is 2.23 bits per heavy atom. The molecule has 2 aromatic carbocycles. The summed E-state index contributed by atoms with van der Waals surface area (Å²) in [5.41, 5.74) is 1.26. The maximum Gasteiger partial charge on any atom is 0.259 e. The summed E-state index contributed by atoms with van der Waals surface area (Å²) in [4.78, 5) is 13.4. The molecule has 1 heterocycles. The van der Waals surface area contributed by atoms with E-state index in [1.807, 2.05) is 101 Å². The van der Waals surface area contributed by atoms with Crippen LogP contribution in [0, 0.1) is 0 Å². The zero-order chi connectivity index (χ0) is 22.1. The predicted molar refractivity (Wildman–Crippen MR) is 124 cm³/mol. The first-order valence-electron chi connectivity index (χ1n) is 10.3. The second-order valence-corrected chi connectivity index (χ2v) is 8.82. The average molecular weight is 406 g/mol. The Labute approximate surface area is 178 Å². The van der Waals surface area contributed by atoms with Crippen molar-refractivity contribution in [2.45, 2.75) is 58.8 Å². The Morgan fingerprint density at radius 2 is 1.63 bits per heavy atom. The molecule has 1 aromatic heterocycles. The molecule has 0 aliphatic rings. The molecule has 0 aliphatic heterocycles. The SMILES string of the molecule is C=COC(C)(C)C(C)(C)Oc1ccc2cc(-c3ccccc3)c(=O)n(C(C)C)c2c1. The minimum absolute atomic E-state index is 0.00423. The van der Waals surface area contributed by atoms with Gasteiger partial charge in [-0.05, 0) is 70.7 Å². The number of benzene rings is 2. The van der Waals surface area contributed by atoms with Crippen LogP contribution in [0.2, 0.25) is 0 Å². The normalized spacial score (nSPS) is 12.2. The molecule has 0 saturated heterocycles. The summed E-state index contributed by atoms with van der Waals surface area (Å²) < 4.78 is 13.8. The molecule has 3 rings (SSSR count). The standard InChI is InChI=1S/C26H31NO3/c1-8-29-25(4,5)26(6,7)30-21-15-14-20-16-22(19-12-10-9-11-13-19)24(28)27(18(2)3)23(20)17-21/h8-18H,1H2,2-7H3. The number of fused-ring (bicyclic) bond motifs is 1. The molecule has 0 unspecified atom stereocenters. The predicted octanol–water partition coefficient (Wildman–Crippen LogP) is 6.35. The molecule has 0 bridgehead atoms. The Hall–Kier alpha value is -3.01. The van der Waals surface area contributed by atoms with E-state index < -0.39 is 11.2 Å². The van der Waals surface area contributed by atoms with E-state index in [-0.39, 0.29) is 11.6 Å². The lowest BCUT2D eigenvalue weighted by molar-refractivity contribution is -0.0974. The highest BCUT2D eigenvalue weighted by molar-refractivity contribution is 5.85. The fourth-order valence-electron chi connectivity index (χ4n) is 3.48. The van der Waals surface area contributed by atoms with Gasteiger partial charge in [0.05, 0.1) is 11.8 Å². The van der Waals surface area contributed by atoms with Gasteiger partial charge in [-0.1, -0.05) is 36.9 Å². The number of aromatic nitrogens is 1. The topological polar surface area (TPSA) is 40.5 Å². The van der Waals surface area contributed by atoms with Crippen molar-refractivity contribution in [3.8, 4) is 16.9 Å². The first kappa shape index (κ1) is 21.7. The molecule has 0 amide bonds. The third-order valence-electron chi connectivity index (χ3n) is 5.81. The van der Waals surface area contributed by atoms with Crippen molar-refractivity contribution < 1.29 is 9.47 Å². The van der Waals surface area contributed by atoms with Crippen LogP contribution in [0.3, 0.4) is 0 Å². The van der Waals surface area contributed by atoms with Crippen molar-refractivity contribution in [1.29, 1.82) is 0 Å². The third-order valence-corrected chi connectivity index (χ3v) is 5.81. The first-order chi connectivity index (χ1) is 14.1. The van der Waals surface area contributed by atoms with Gasteiger partial charge in [-0.2, -0.15) is 0 Å². The second-order valence-electron chi connectivity index (χ2n) is 8.82. The lowest BCUT2D eigenvalue weighted by Crippen LogP contribution is -2.50. The van der Waals surface area contributed by atoms with Crippen molar-refractivity contribution in [3.63, 3.8) is 0 Å². The lowest BCUT2D eigenvalue weighted by atomic mass is 9.89. The molecule has 0 atom stereocenters. The lowest BCUT2D eigenvalue weighted by Gasteiger charge is -2.40.